The second-order valence-corrected chi connectivity index (χ2v) is 2.90. The first kappa shape index (κ1) is 7.07. The van der Waals surface area contributed by atoms with E-state index < -0.39 is 0 Å². The molecule has 0 bridgehead atoms. The first-order valence-corrected chi connectivity index (χ1v) is 3.72. The van der Waals surface area contributed by atoms with Crippen LogP contribution >= 0.6 is 11.6 Å². The van der Waals surface area contributed by atoms with Gasteiger partial charge in [-0.25, -0.2) is 4.39 Å². The van der Waals surface area contributed by atoms with Crippen LogP contribution in [0.15, 0.2) is 18.2 Å². The molecule has 0 aromatic heterocycles. The maximum absolute atomic E-state index is 12.5. The van der Waals surface area contributed by atoms with Gasteiger partial charge >= 0.3 is 0 Å². The molecule has 0 amide bonds. The summed E-state index contributed by atoms with van der Waals surface area (Å²) in [6, 6.07) is 4.36. The molecule has 1 saturated heterocycles. The molecule has 1 aliphatic rings. The number of ether oxygens (including phenoxy) is 1. The van der Waals surface area contributed by atoms with Gasteiger partial charge in [-0.15, -0.1) is 0 Å². The van der Waals surface area contributed by atoms with E-state index in [0.29, 0.717) is 11.6 Å². The highest BCUT2D eigenvalue weighted by molar-refractivity contribution is 6.31. The van der Waals surface area contributed by atoms with E-state index >= 15 is 0 Å². The molecule has 1 nitrogen and oxygen atoms in total. The largest absolute Gasteiger partial charge is 0.368 e. The molecule has 11 heavy (non-hydrogen) atoms. The fraction of sp³-hybridized carbons (Fsp3) is 0.250. The van der Waals surface area contributed by atoms with Crippen molar-refractivity contribution in [3.8, 4) is 0 Å². The van der Waals surface area contributed by atoms with E-state index in [1.54, 1.807) is 6.07 Å². The minimum Gasteiger partial charge on any atom is -0.368 e. The van der Waals surface area contributed by atoms with Crippen LogP contribution < -0.4 is 0 Å². The van der Waals surface area contributed by atoms with Crippen LogP contribution in [0.25, 0.3) is 0 Å². The average Bonchev–Trinajstić information content (AvgIpc) is 2.70. The second kappa shape index (κ2) is 2.47. The Kier molecular flexibility index (Phi) is 1.59. The third kappa shape index (κ3) is 1.37. The lowest BCUT2D eigenvalue weighted by atomic mass is 10.2. The zero-order valence-corrected chi connectivity index (χ0v) is 6.44. The predicted molar refractivity (Wildman–Crippen MR) is 40.1 cm³/mol. The highest BCUT2D eigenvalue weighted by Crippen LogP contribution is 2.34. The summed E-state index contributed by atoms with van der Waals surface area (Å²) in [5.41, 5.74) is 0.882. The number of hydrogen-bond donors (Lipinski definition) is 0. The molecule has 0 aliphatic carbocycles. The molecule has 1 aliphatic heterocycles. The molecule has 0 radical (unpaired) electrons. The van der Waals surface area contributed by atoms with Gasteiger partial charge in [0, 0.05) is 10.6 Å². The number of halogens is 2. The molecule has 0 spiro atoms. The van der Waals surface area contributed by atoms with E-state index in [4.69, 9.17) is 16.3 Å². The van der Waals surface area contributed by atoms with Crippen molar-refractivity contribution >= 4 is 11.6 Å². The molecule has 1 atom stereocenters. The Labute approximate surface area is 68.7 Å². The standard InChI is InChI=1S/C8H6ClFO/c9-7-3-5(10)1-2-6(7)8-4-11-8/h1-3,8H,4H2/t8-/m1/s1. The van der Waals surface area contributed by atoms with Gasteiger partial charge < -0.3 is 4.74 Å². The lowest BCUT2D eigenvalue weighted by Gasteiger charge is -1.98. The van der Waals surface area contributed by atoms with E-state index in [1.165, 1.54) is 12.1 Å². The third-order valence-corrected chi connectivity index (χ3v) is 1.97. The highest BCUT2D eigenvalue weighted by atomic mass is 35.5. The summed E-state index contributed by atoms with van der Waals surface area (Å²) in [5.74, 6) is -0.306. The number of epoxide rings is 1. The quantitative estimate of drug-likeness (QED) is 0.593. The molecular formula is C8H6ClFO. The molecule has 58 valence electrons. The molecule has 3 heteroatoms. The first-order valence-electron chi connectivity index (χ1n) is 3.34. The molecule has 2 rings (SSSR count). The van der Waals surface area contributed by atoms with Gasteiger partial charge in [0.05, 0.1) is 6.61 Å². The molecule has 1 heterocycles. The van der Waals surface area contributed by atoms with Crippen LogP contribution in [0, 0.1) is 5.82 Å². The Balaban J connectivity index is 2.39. The van der Waals surface area contributed by atoms with Crippen molar-refractivity contribution in [2.75, 3.05) is 6.61 Å². The zero-order valence-electron chi connectivity index (χ0n) is 5.68. The monoisotopic (exact) mass is 172 g/mol. The summed E-state index contributed by atoms with van der Waals surface area (Å²) in [6.45, 7) is 0.700. The van der Waals surface area contributed by atoms with E-state index in [1.807, 2.05) is 0 Å². The fourth-order valence-electron chi connectivity index (χ4n) is 0.990. The summed E-state index contributed by atoms with van der Waals surface area (Å²) in [6.07, 6.45) is 0.100. The van der Waals surface area contributed by atoms with Gasteiger partial charge in [-0.3, -0.25) is 0 Å². The lowest BCUT2D eigenvalue weighted by molar-refractivity contribution is 0.415. The van der Waals surface area contributed by atoms with Crippen molar-refractivity contribution in [2.24, 2.45) is 0 Å². The Morgan fingerprint density at radius 1 is 1.55 bits per heavy atom. The van der Waals surface area contributed by atoms with E-state index in [0.717, 1.165) is 5.56 Å². The lowest BCUT2D eigenvalue weighted by Crippen LogP contribution is -1.83. The van der Waals surface area contributed by atoms with Crippen molar-refractivity contribution < 1.29 is 9.13 Å². The van der Waals surface area contributed by atoms with Gasteiger partial charge in [-0.1, -0.05) is 17.7 Å². The Morgan fingerprint density at radius 2 is 2.27 bits per heavy atom. The summed E-state index contributed by atoms with van der Waals surface area (Å²) in [5, 5.41) is 0.451. The van der Waals surface area contributed by atoms with Crippen LogP contribution in [-0.4, -0.2) is 6.61 Å². The van der Waals surface area contributed by atoms with Gasteiger partial charge in [-0.05, 0) is 12.1 Å². The summed E-state index contributed by atoms with van der Waals surface area (Å²) in [4.78, 5) is 0. The normalized spacial score (nSPS) is 21.8. The minimum atomic E-state index is -0.306. The van der Waals surface area contributed by atoms with Gasteiger partial charge in [-0.2, -0.15) is 0 Å². The third-order valence-electron chi connectivity index (χ3n) is 1.64. The molecule has 0 unspecified atom stereocenters. The van der Waals surface area contributed by atoms with Gasteiger partial charge in [0.1, 0.15) is 11.9 Å². The molecule has 0 saturated carbocycles. The topological polar surface area (TPSA) is 12.5 Å². The first-order chi connectivity index (χ1) is 5.27. The summed E-state index contributed by atoms with van der Waals surface area (Å²) in [7, 11) is 0. The van der Waals surface area contributed by atoms with Gasteiger partial charge in [0.2, 0.25) is 0 Å². The number of rotatable bonds is 1. The number of benzene rings is 1. The highest BCUT2D eigenvalue weighted by Gasteiger charge is 2.26. The molecule has 1 aromatic rings. The van der Waals surface area contributed by atoms with Crippen LogP contribution in [0.2, 0.25) is 5.02 Å². The van der Waals surface area contributed by atoms with Crippen LogP contribution in [0.1, 0.15) is 11.7 Å². The van der Waals surface area contributed by atoms with E-state index in [-0.39, 0.29) is 11.9 Å². The summed E-state index contributed by atoms with van der Waals surface area (Å²) < 4.78 is 17.5. The van der Waals surface area contributed by atoms with Crippen LogP contribution in [0.4, 0.5) is 4.39 Å². The zero-order chi connectivity index (χ0) is 7.84. The van der Waals surface area contributed by atoms with E-state index in [9.17, 15) is 4.39 Å². The Morgan fingerprint density at radius 3 is 2.82 bits per heavy atom. The average molecular weight is 173 g/mol. The Bertz CT molecular complexity index is 283. The Hall–Kier alpha value is -0.600. The molecule has 1 fully saturated rings. The van der Waals surface area contributed by atoms with Crippen molar-refractivity contribution in [3.05, 3.63) is 34.6 Å². The number of hydrogen-bond acceptors (Lipinski definition) is 1. The fourth-order valence-corrected chi connectivity index (χ4v) is 1.28. The maximum atomic E-state index is 12.5. The summed E-state index contributed by atoms with van der Waals surface area (Å²) >= 11 is 5.74. The van der Waals surface area contributed by atoms with Crippen LogP contribution in [0.5, 0.6) is 0 Å². The minimum absolute atomic E-state index is 0.100. The molecular weight excluding hydrogens is 167 g/mol. The SMILES string of the molecule is Fc1ccc([C@H]2CO2)c(Cl)c1. The van der Waals surface area contributed by atoms with E-state index in [2.05, 4.69) is 0 Å². The second-order valence-electron chi connectivity index (χ2n) is 2.49. The van der Waals surface area contributed by atoms with Gasteiger partial charge in [0.25, 0.3) is 0 Å². The van der Waals surface area contributed by atoms with Crippen molar-refractivity contribution in [2.45, 2.75) is 6.10 Å². The van der Waals surface area contributed by atoms with Crippen molar-refractivity contribution in [1.29, 1.82) is 0 Å². The van der Waals surface area contributed by atoms with Gasteiger partial charge in [0.15, 0.2) is 0 Å². The molecule has 1 aromatic carbocycles. The molecule has 0 N–H and O–H groups in total. The maximum Gasteiger partial charge on any atom is 0.124 e. The smallest absolute Gasteiger partial charge is 0.124 e. The van der Waals surface area contributed by atoms with Crippen molar-refractivity contribution in [1.82, 2.24) is 0 Å². The predicted octanol–water partition coefficient (Wildman–Crippen LogP) is 2.55. The van der Waals surface area contributed by atoms with Crippen LogP contribution in [0.3, 0.4) is 0 Å². The van der Waals surface area contributed by atoms with Crippen LogP contribution in [-0.2, 0) is 4.74 Å². The van der Waals surface area contributed by atoms with Crippen molar-refractivity contribution in [3.63, 3.8) is 0 Å².